The van der Waals surface area contributed by atoms with E-state index in [9.17, 15) is 24.3 Å². The number of nitriles is 1. The van der Waals surface area contributed by atoms with Gasteiger partial charge in [-0.15, -0.1) is 0 Å². The van der Waals surface area contributed by atoms with Crippen molar-refractivity contribution in [3.63, 3.8) is 0 Å². The molecule has 1 aliphatic heterocycles. The van der Waals surface area contributed by atoms with E-state index in [4.69, 9.17) is 16.3 Å². The second kappa shape index (κ2) is 7.73. The lowest BCUT2D eigenvalue weighted by atomic mass is 9.64. The zero-order chi connectivity index (χ0) is 20.4. The Labute approximate surface area is 162 Å². The molecule has 2 rings (SSSR count). The summed E-state index contributed by atoms with van der Waals surface area (Å²) in [6.45, 7) is 5.64. The Kier molecular flexibility index (Phi) is 6.01. The maximum Gasteiger partial charge on any atom is 0.410 e. The Morgan fingerprint density at radius 1 is 1.33 bits per heavy atom. The summed E-state index contributed by atoms with van der Waals surface area (Å²) in [7, 11) is 0. The third-order valence-electron chi connectivity index (χ3n) is 4.67. The molecule has 1 heterocycles. The van der Waals surface area contributed by atoms with Crippen LogP contribution in [0.3, 0.4) is 0 Å². The lowest BCUT2D eigenvalue weighted by Crippen LogP contribution is -2.51. The van der Waals surface area contributed by atoms with Gasteiger partial charge in [-0.2, -0.15) is 5.26 Å². The van der Waals surface area contributed by atoms with Gasteiger partial charge < -0.3 is 14.7 Å². The fourth-order valence-corrected chi connectivity index (χ4v) is 3.64. The van der Waals surface area contributed by atoms with Crippen molar-refractivity contribution in [2.75, 3.05) is 13.1 Å². The number of carbonyl (C=O) groups excluding carboxylic acids is 1. The standard InChI is InChI=1S/C19H22ClFN2O4/c1-18(2,3)27-17(26)23-6-4-19(5-7-23,15(11-22)16(24)25)12-8-13(20)10-14(21)9-12/h8-10,15H,4-7H2,1-3H3,(H,24,25). The van der Waals surface area contributed by atoms with Crippen LogP contribution < -0.4 is 0 Å². The summed E-state index contributed by atoms with van der Waals surface area (Å²) >= 11 is 5.96. The minimum Gasteiger partial charge on any atom is -0.480 e. The van der Waals surface area contributed by atoms with Gasteiger partial charge in [0.25, 0.3) is 0 Å². The van der Waals surface area contributed by atoms with Gasteiger partial charge in [-0.25, -0.2) is 9.18 Å². The van der Waals surface area contributed by atoms with E-state index in [1.165, 1.54) is 17.0 Å². The summed E-state index contributed by atoms with van der Waals surface area (Å²) in [6.07, 6.45) is -0.148. The number of benzene rings is 1. The summed E-state index contributed by atoms with van der Waals surface area (Å²) in [5.41, 5.74) is -1.45. The Bertz CT molecular complexity index is 757. The fourth-order valence-electron chi connectivity index (χ4n) is 3.42. The number of carbonyl (C=O) groups is 2. The third kappa shape index (κ3) is 4.69. The number of nitrogens with zero attached hydrogens (tertiary/aromatic N) is 2. The quantitative estimate of drug-likeness (QED) is 0.834. The predicted octanol–water partition coefficient (Wildman–Crippen LogP) is 3.97. The lowest BCUT2D eigenvalue weighted by molar-refractivity contribution is -0.142. The topological polar surface area (TPSA) is 90.6 Å². The number of hydrogen-bond acceptors (Lipinski definition) is 4. The molecular weight excluding hydrogens is 375 g/mol. The molecule has 0 spiro atoms. The molecule has 27 heavy (non-hydrogen) atoms. The van der Waals surface area contributed by atoms with Gasteiger partial charge in [0.05, 0.1) is 6.07 Å². The maximum absolute atomic E-state index is 13.9. The Hall–Kier alpha value is -2.33. The number of hydrogen-bond donors (Lipinski definition) is 1. The van der Waals surface area contributed by atoms with Gasteiger partial charge in [0.1, 0.15) is 11.4 Å². The molecule has 0 aromatic heterocycles. The van der Waals surface area contributed by atoms with E-state index >= 15 is 0 Å². The molecule has 1 saturated heterocycles. The van der Waals surface area contributed by atoms with Crippen molar-refractivity contribution in [3.05, 3.63) is 34.6 Å². The van der Waals surface area contributed by atoms with E-state index in [0.29, 0.717) is 5.56 Å². The lowest BCUT2D eigenvalue weighted by Gasteiger charge is -2.43. The second-order valence-electron chi connectivity index (χ2n) is 7.68. The first kappa shape index (κ1) is 21.0. The van der Waals surface area contributed by atoms with E-state index in [1.807, 2.05) is 6.07 Å². The van der Waals surface area contributed by atoms with Crippen molar-refractivity contribution in [2.45, 2.75) is 44.6 Å². The molecule has 1 N–H and O–H groups in total. The SMILES string of the molecule is CC(C)(C)OC(=O)N1CCC(c2cc(F)cc(Cl)c2)(C(C#N)C(=O)O)CC1. The van der Waals surface area contributed by atoms with Crippen molar-refractivity contribution >= 4 is 23.7 Å². The van der Waals surface area contributed by atoms with Crippen LogP contribution in [0.5, 0.6) is 0 Å². The number of aliphatic carboxylic acids is 1. The van der Waals surface area contributed by atoms with Crippen molar-refractivity contribution in [1.29, 1.82) is 5.26 Å². The molecule has 0 saturated carbocycles. The van der Waals surface area contributed by atoms with Gasteiger partial charge in [-0.3, -0.25) is 4.79 Å². The van der Waals surface area contributed by atoms with Crippen LogP contribution in [-0.4, -0.2) is 40.8 Å². The maximum atomic E-state index is 13.9. The van der Waals surface area contributed by atoms with E-state index in [-0.39, 0.29) is 31.0 Å². The molecule has 1 aliphatic rings. The van der Waals surface area contributed by atoms with Crippen LogP contribution in [0.15, 0.2) is 18.2 Å². The average Bonchev–Trinajstić information content (AvgIpc) is 2.53. The number of amides is 1. The molecule has 6 nitrogen and oxygen atoms in total. The molecule has 1 aromatic rings. The summed E-state index contributed by atoms with van der Waals surface area (Å²) in [4.78, 5) is 25.5. The summed E-state index contributed by atoms with van der Waals surface area (Å²) in [6, 6.07) is 5.65. The van der Waals surface area contributed by atoms with Crippen LogP contribution in [0.2, 0.25) is 5.02 Å². The summed E-state index contributed by atoms with van der Waals surface area (Å²) < 4.78 is 19.3. The van der Waals surface area contributed by atoms with Crippen molar-refractivity contribution < 1.29 is 23.8 Å². The molecule has 0 bridgehead atoms. The van der Waals surface area contributed by atoms with Crippen molar-refractivity contribution in [1.82, 2.24) is 4.90 Å². The molecule has 146 valence electrons. The van der Waals surface area contributed by atoms with Gasteiger partial charge in [-0.05, 0) is 57.4 Å². The molecule has 0 aliphatic carbocycles. The third-order valence-corrected chi connectivity index (χ3v) is 4.89. The van der Waals surface area contributed by atoms with Crippen LogP contribution in [0, 0.1) is 23.1 Å². The van der Waals surface area contributed by atoms with Crippen LogP contribution in [0.1, 0.15) is 39.2 Å². The highest BCUT2D eigenvalue weighted by Gasteiger charge is 2.48. The Morgan fingerprint density at radius 2 is 1.93 bits per heavy atom. The summed E-state index contributed by atoms with van der Waals surface area (Å²) in [5, 5.41) is 19.2. The normalized spacial score (nSPS) is 17.7. The second-order valence-corrected chi connectivity index (χ2v) is 8.12. The fraction of sp³-hybridized carbons (Fsp3) is 0.526. The number of likely N-dealkylation sites (tertiary alicyclic amines) is 1. The summed E-state index contributed by atoms with van der Waals surface area (Å²) in [5.74, 6) is -3.28. The largest absolute Gasteiger partial charge is 0.480 e. The highest BCUT2D eigenvalue weighted by molar-refractivity contribution is 6.30. The number of rotatable bonds is 3. The first-order chi connectivity index (χ1) is 12.5. The zero-order valence-electron chi connectivity index (χ0n) is 15.5. The first-order valence-corrected chi connectivity index (χ1v) is 8.93. The van der Waals surface area contributed by atoms with Gasteiger partial charge in [0.15, 0.2) is 5.92 Å². The Balaban J connectivity index is 2.36. The number of carboxylic acids is 1. The minimum absolute atomic E-state index is 0.126. The van der Waals surface area contributed by atoms with E-state index < -0.39 is 34.8 Å². The van der Waals surface area contributed by atoms with Crippen molar-refractivity contribution in [2.24, 2.45) is 5.92 Å². The molecular formula is C19H22ClFN2O4. The average molecular weight is 397 g/mol. The number of piperidine rings is 1. The molecule has 8 heteroatoms. The molecule has 1 unspecified atom stereocenters. The van der Waals surface area contributed by atoms with E-state index in [2.05, 4.69) is 0 Å². The molecule has 1 fully saturated rings. The predicted molar refractivity (Wildman–Crippen MR) is 96.9 cm³/mol. The molecule has 1 atom stereocenters. The van der Waals surface area contributed by atoms with Gasteiger partial charge >= 0.3 is 12.1 Å². The first-order valence-electron chi connectivity index (χ1n) is 8.55. The monoisotopic (exact) mass is 396 g/mol. The molecule has 1 aromatic carbocycles. The number of carboxylic acid groups (broad SMARTS) is 1. The smallest absolute Gasteiger partial charge is 0.410 e. The van der Waals surface area contributed by atoms with Crippen LogP contribution in [-0.2, 0) is 14.9 Å². The van der Waals surface area contributed by atoms with E-state index in [0.717, 1.165) is 6.07 Å². The highest BCUT2D eigenvalue weighted by atomic mass is 35.5. The zero-order valence-corrected chi connectivity index (χ0v) is 16.2. The number of halogens is 2. The van der Waals surface area contributed by atoms with Gasteiger partial charge in [-0.1, -0.05) is 11.6 Å². The highest BCUT2D eigenvalue weighted by Crippen LogP contribution is 2.43. The van der Waals surface area contributed by atoms with Crippen molar-refractivity contribution in [3.8, 4) is 6.07 Å². The van der Waals surface area contributed by atoms with Crippen LogP contribution in [0.25, 0.3) is 0 Å². The molecule has 0 radical (unpaired) electrons. The van der Waals surface area contributed by atoms with Crippen LogP contribution >= 0.6 is 11.6 Å². The number of ether oxygens (including phenoxy) is 1. The Morgan fingerprint density at radius 3 is 2.37 bits per heavy atom. The van der Waals surface area contributed by atoms with Crippen LogP contribution in [0.4, 0.5) is 9.18 Å². The molecule has 1 amide bonds. The van der Waals surface area contributed by atoms with Gasteiger partial charge in [0.2, 0.25) is 0 Å². The van der Waals surface area contributed by atoms with Gasteiger partial charge in [0, 0.05) is 23.5 Å². The minimum atomic E-state index is -1.39. The van der Waals surface area contributed by atoms with E-state index in [1.54, 1.807) is 20.8 Å².